The van der Waals surface area contributed by atoms with Crippen molar-refractivity contribution in [2.24, 2.45) is 0 Å². The number of hydrogen-bond donors (Lipinski definition) is 0. The lowest BCUT2D eigenvalue weighted by Gasteiger charge is -2.26. The van der Waals surface area contributed by atoms with E-state index in [9.17, 15) is 18.0 Å². The monoisotopic (exact) mass is 516 g/mol. The second kappa shape index (κ2) is 10.9. The predicted octanol–water partition coefficient (Wildman–Crippen LogP) is 3.37. The van der Waals surface area contributed by atoms with Crippen molar-refractivity contribution in [1.82, 2.24) is 4.90 Å². The molecule has 0 bridgehead atoms. The number of carbonyl (C=O) groups excluding carboxylic acids is 2. The van der Waals surface area contributed by atoms with E-state index < -0.39 is 22.3 Å². The molecular formula is C26H32N2O7S. The molecule has 0 spiro atoms. The summed E-state index contributed by atoms with van der Waals surface area (Å²) >= 11 is 0. The second-order valence-electron chi connectivity index (χ2n) is 9.12. The van der Waals surface area contributed by atoms with Crippen molar-refractivity contribution in [2.45, 2.75) is 51.4 Å². The summed E-state index contributed by atoms with van der Waals surface area (Å²) in [7, 11) is -2.23. The Morgan fingerprint density at radius 3 is 2.47 bits per heavy atom. The highest BCUT2D eigenvalue weighted by Crippen LogP contribution is 2.40. The van der Waals surface area contributed by atoms with E-state index >= 15 is 0 Å². The Balaban J connectivity index is 1.71. The van der Waals surface area contributed by atoms with Gasteiger partial charge in [-0.15, -0.1) is 0 Å². The van der Waals surface area contributed by atoms with Gasteiger partial charge < -0.3 is 19.3 Å². The fourth-order valence-corrected chi connectivity index (χ4v) is 5.36. The average molecular weight is 517 g/mol. The van der Waals surface area contributed by atoms with E-state index in [0.717, 1.165) is 31.1 Å². The quantitative estimate of drug-likeness (QED) is 0.352. The molecule has 2 amide bonds. The minimum absolute atomic E-state index is 0.0130. The third-order valence-corrected chi connectivity index (χ3v) is 7.03. The topological polar surface area (TPSA) is 102 Å². The van der Waals surface area contributed by atoms with Crippen LogP contribution in [0.4, 0.5) is 5.69 Å². The maximum absolute atomic E-state index is 13.7. The summed E-state index contributed by atoms with van der Waals surface area (Å²) in [6.45, 7) is 2.82. The van der Waals surface area contributed by atoms with E-state index in [1.54, 1.807) is 17.0 Å². The number of benzene rings is 2. The van der Waals surface area contributed by atoms with Crippen LogP contribution >= 0.6 is 0 Å². The molecule has 2 atom stereocenters. The molecule has 2 heterocycles. The van der Waals surface area contributed by atoms with Gasteiger partial charge in [0.05, 0.1) is 30.7 Å². The number of nitrogens with zero attached hydrogens (tertiary/aromatic N) is 2. The number of ether oxygens (including phenoxy) is 2. The number of carbonyl (C=O) groups is 2. The van der Waals surface area contributed by atoms with Gasteiger partial charge in [0.1, 0.15) is 12.6 Å². The molecule has 2 aliphatic heterocycles. The van der Waals surface area contributed by atoms with E-state index in [1.807, 2.05) is 30.3 Å². The molecule has 1 saturated heterocycles. The lowest BCUT2D eigenvalue weighted by Crippen LogP contribution is -2.45. The Hall–Kier alpha value is -3.11. The van der Waals surface area contributed by atoms with Crippen LogP contribution in [0.5, 0.6) is 11.5 Å². The van der Waals surface area contributed by atoms with Gasteiger partial charge in [-0.3, -0.25) is 13.8 Å². The molecule has 0 unspecified atom stereocenters. The van der Waals surface area contributed by atoms with Crippen molar-refractivity contribution in [1.29, 1.82) is 0 Å². The normalized spacial score (nSPS) is 19.6. The molecule has 1 fully saturated rings. The van der Waals surface area contributed by atoms with E-state index in [0.29, 0.717) is 35.9 Å². The number of hydrogen-bond acceptors (Lipinski definition) is 7. The zero-order chi connectivity index (χ0) is 25.9. The van der Waals surface area contributed by atoms with Crippen LogP contribution in [0.1, 0.15) is 48.5 Å². The van der Waals surface area contributed by atoms with Gasteiger partial charge in [0.15, 0.2) is 11.5 Å². The number of unbranched alkanes of at least 4 members (excludes halogenated alkanes) is 2. The van der Waals surface area contributed by atoms with Crippen LogP contribution in [0.25, 0.3) is 0 Å². The van der Waals surface area contributed by atoms with Gasteiger partial charge in [-0.05, 0) is 18.1 Å². The Bertz CT molecular complexity index is 1220. The van der Waals surface area contributed by atoms with Crippen LogP contribution in [0.15, 0.2) is 42.5 Å². The predicted molar refractivity (Wildman–Crippen MR) is 135 cm³/mol. The summed E-state index contributed by atoms with van der Waals surface area (Å²) in [4.78, 5) is 30.4. The lowest BCUT2D eigenvalue weighted by atomic mass is 10.1. The molecular weight excluding hydrogens is 484 g/mol. The summed E-state index contributed by atoms with van der Waals surface area (Å²) in [5, 5.41) is 0. The smallest absolute Gasteiger partial charge is 0.264 e. The molecule has 9 nitrogen and oxygen atoms in total. The van der Waals surface area contributed by atoms with Crippen LogP contribution in [-0.2, 0) is 25.7 Å². The van der Waals surface area contributed by atoms with Crippen molar-refractivity contribution in [2.75, 3.05) is 31.4 Å². The highest BCUT2D eigenvalue weighted by Gasteiger charge is 2.47. The molecule has 0 saturated carbocycles. The van der Waals surface area contributed by atoms with Crippen LogP contribution in [0, 0.1) is 0 Å². The van der Waals surface area contributed by atoms with Crippen LogP contribution in [0.2, 0.25) is 0 Å². The minimum atomic E-state index is -3.73. The van der Waals surface area contributed by atoms with Gasteiger partial charge in [-0.25, -0.2) is 0 Å². The van der Waals surface area contributed by atoms with Crippen LogP contribution in [0.3, 0.4) is 0 Å². The molecule has 194 valence electrons. The number of fused-ring (bicyclic) bond motifs is 2. The maximum atomic E-state index is 13.7. The summed E-state index contributed by atoms with van der Waals surface area (Å²) in [5.41, 5.74) is 1.75. The van der Waals surface area contributed by atoms with Gasteiger partial charge >= 0.3 is 0 Å². The van der Waals surface area contributed by atoms with E-state index in [2.05, 4.69) is 6.92 Å². The molecule has 2 aliphatic rings. The number of amides is 2. The van der Waals surface area contributed by atoms with Gasteiger partial charge in [-0.2, -0.15) is 8.42 Å². The third-order valence-electron chi connectivity index (χ3n) is 6.41. The van der Waals surface area contributed by atoms with Gasteiger partial charge in [0.2, 0.25) is 5.91 Å². The number of methoxy groups -OCH3 is 1. The molecule has 0 radical (unpaired) electrons. The largest absolute Gasteiger partial charge is 0.493 e. The SMILES string of the molecule is CCCCCN1C(=O)[C@@H]2C[C@@H](OS(C)(=O)=O)CN2C(=O)c2cc(OC)c(OCc3ccccc3)cc21. The van der Waals surface area contributed by atoms with E-state index in [1.165, 1.54) is 12.0 Å². The third kappa shape index (κ3) is 5.65. The van der Waals surface area contributed by atoms with Gasteiger partial charge in [0, 0.05) is 25.6 Å². The van der Waals surface area contributed by atoms with Crippen LogP contribution < -0.4 is 14.4 Å². The van der Waals surface area contributed by atoms with E-state index in [-0.39, 0.29) is 24.8 Å². The fourth-order valence-electron chi connectivity index (χ4n) is 4.73. The van der Waals surface area contributed by atoms with Crippen molar-refractivity contribution < 1.29 is 31.7 Å². The van der Waals surface area contributed by atoms with Crippen molar-refractivity contribution in [3.63, 3.8) is 0 Å². The highest BCUT2D eigenvalue weighted by molar-refractivity contribution is 7.86. The van der Waals surface area contributed by atoms with Gasteiger partial charge in [0.25, 0.3) is 16.0 Å². The summed E-state index contributed by atoms with van der Waals surface area (Å²) in [6.07, 6.45) is 2.97. The molecule has 10 heteroatoms. The highest BCUT2D eigenvalue weighted by atomic mass is 32.2. The number of anilines is 1. The fraction of sp³-hybridized carbons (Fsp3) is 0.462. The standard InChI is InChI=1S/C26H32N2O7S/c1-4-5-9-12-27-21-15-24(34-17-18-10-7-6-8-11-18)23(33-2)14-20(21)25(29)28-16-19(35-36(3,31)32)13-22(28)26(27)30/h6-8,10-11,14-15,19,22H,4-5,9,12-13,16-17H2,1-3H3/t19-,22+/m1/s1. The summed E-state index contributed by atoms with van der Waals surface area (Å²) in [6, 6.07) is 12.2. The van der Waals surface area contributed by atoms with Crippen molar-refractivity contribution >= 4 is 27.6 Å². The van der Waals surface area contributed by atoms with Crippen LogP contribution in [-0.4, -0.2) is 63.7 Å². The first-order chi connectivity index (χ1) is 17.2. The van der Waals surface area contributed by atoms with Crippen molar-refractivity contribution in [3.05, 3.63) is 53.6 Å². The Labute approximate surface area is 212 Å². The first-order valence-corrected chi connectivity index (χ1v) is 13.9. The van der Waals surface area contributed by atoms with Crippen molar-refractivity contribution in [3.8, 4) is 11.5 Å². The molecule has 2 aromatic rings. The number of rotatable bonds is 10. The Kier molecular flexibility index (Phi) is 7.85. The zero-order valence-corrected chi connectivity index (χ0v) is 21.6. The average Bonchev–Trinajstić information content (AvgIpc) is 3.24. The molecule has 0 aromatic heterocycles. The Morgan fingerprint density at radius 1 is 1.06 bits per heavy atom. The first-order valence-electron chi connectivity index (χ1n) is 12.1. The second-order valence-corrected chi connectivity index (χ2v) is 10.7. The Morgan fingerprint density at radius 2 is 1.81 bits per heavy atom. The first kappa shape index (κ1) is 26.0. The maximum Gasteiger partial charge on any atom is 0.264 e. The molecule has 2 aromatic carbocycles. The molecule has 4 rings (SSSR count). The minimum Gasteiger partial charge on any atom is -0.493 e. The van der Waals surface area contributed by atoms with Gasteiger partial charge in [-0.1, -0.05) is 50.1 Å². The zero-order valence-electron chi connectivity index (χ0n) is 20.8. The summed E-state index contributed by atoms with van der Waals surface area (Å²) < 4.78 is 40.1. The summed E-state index contributed by atoms with van der Waals surface area (Å²) in [5.74, 6) is 0.188. The molecule has 36 heavy (non-hydrogen) atoms. The van der Waals surface area contributed by atoms with E-state index in [4.69, 9.17) is 13.7 Å². The lowest BCUT2D eigenvalue weighted by molar-refractivity contribution is -0.122. The molecule has 0 aliphatic carbocycles. The molecule has 0 N–H and O–H groups in total.